The van der Waals surface area contributed by atoms with Crippen LogP contribution in [-0.2, 0) is 0 Å². The van der Waals surface area contributed by atoms with Gasteiger partial charge in [-0.15, -0.1) is 0 Å². The van der Waals surface area contributed by atoms with Gasteiger partial charge in [0.15, 0.2) is 6.04 Å². The van der Waals surface area contributed by atoms with Crippen molar-refractivity contribution in [2.24, 2.45) is 0 Å². The van der Waals surface area contributed by atoms with Gasteiger partial charge < -0.3 is 10.6 Å². The summed E-state index contributed by atoms with van der Waals surface area (Å²) in [6, 6.07) is 9.21. The summed E-state index contributed by atoms with van der Waals surface area (Å²) in [4.78, 5) is 12.8. The van der Waals surface area contributed by atoms with E-state index in [1.165, 1.54) is 18.2 Å². The van der Waals surface area contributed by atoms with Crippen molar-refractivity contribution in [2.45, 2.75) is 31.6 Å². The summed E-state index contributed by atoms with van der Waals surface area (Å²) in [5.74, 6) is -0.623. The maximum Gasteiger partial charge on any atom is 0.410 e. The molecular weight excluding hydrogens is 452 g/mol. The first-order chi connectivity index (χ1) is 14.6. The number of halogens is 5. The molecule has 3 aromatic rings. The molecule has 0 saturated carbocycles. The van der Waals surface area contributed by atoms with Gasteiger partial charge in [0.1, 0.15) is 11.4 Å². The molecule has 10 heteroatoms. The molecule has 1 aliphatic heterocycles. The highest BCUT2D eigenvalue weighted by atomic mass is 35.5. The predicted molar refractivity (Wildman–Crippen MR) is 114 cm³/mol. The molecule has 0 fully saturated rings. The Labute approximate surface area is 186 Å². The van der Waals surface area contributed by atoms with Crippen molar-refractivity contribution in [3.8, 4) is 0 Å². The van der Waals surface area contributed by atoms with Crippen molar-refractivity contribution in [1.29, 1.82) is 0 Å². The topological polar surface area (TPSA) is 59.0 Å². The fourth-order valence-corrected chi connectivity index (χ4v) is 4.10. The van der Waals surface area contributed by atoms with Crippen LogP contribution in [-0.4, -0.2) is 21.9 Å². The average molecular weight is 469 g/mol. The molecule has 1 aliphatic rings. The number of hydrogen-bond donors (Lipinski definition) is 2. The van der Waals surface area contributed by atoms with Gasteiger partial charge in [0.05, 0.1) is 12.2 Å². The van der Waals surface area contributed by atoms with Gasteiger partial charge >= 0.3 is 6.18 Å². The van der Waals surface area contributed by atoms with Crippen LogP contribution in [0.2, 0.25) is 10.0 Å². The van der Waals surface area contributed by atoms with E-state index in [1.807, 2.05) is 19.1 Å². The minimum Gasteiger partial charge on any atom is -0.363 e. The number of alkyl halides is 3. The lowest BCUT2D eigenvalue weighted by molar-refractivity contribution is -0.173. The number of hydrogen-bond acceptors (Lipinski definition) is 3. The number of nitrogens with one attached hydrogen (secondary N) is 2. The number of aryl methyl sites for hydroxylation is 1. The van der Waals surface area contributed by atoms with Crippen molar-refractivity contribution in [3.63, 3.8) is 0 Å². The molecule has 0 bridgehead atoms. The van der Waals surface area contributed by atoms with Crippen LogP contribution in [0.3, 0.4) is 0 Å². The molecule has 0 unspecified atom stereocenters. The van der Waals surface area contributed by atoms with Crippen LogP contribution in [0.25, 0.3) is 0 Å². The van der Waals surface area contributed by atoms with Gasteiger partial charge in [0.2, 0.25) is 0 Å². The molecule has 162 valence electrons. The lowest BCUT2D eigenvalue weighted by Gasteiger charge is -2.34. The molecular formula is C21H17Cl2F3N4O. The van der Waals surface area contributed by atoms with Crippen LogP contribution < -0.4 is 10.6 Å². The SMILES string of the molecule is Cc1ccc([C@H]2C[C@H](C(F)(F)F)n3ncc(C(=O)Nc4cc(Cl)cc(Cl)c4)c3N2)cc1. The van der Waals surface area contributed by atoms with Gasteiger partial charge in [-0.2, -0.15) is 18.3 Å². The number of carbonyl (C=O) groups excluding carboxylic acids is 1. The van der Waals surface area contributed by atoms with E-state index in [2.05, 4.69) is 15.7 Å². The molecule has 0 aliphatic carbocycles. The first-order valence-corrected chi connectivity index (χ1v) is 10.1. The zero-order valence-corrected chi connectivity index (χ0v) is 17.7. The van der Waals surface area contributed by atoms with Crippen molar-refractivity contribution in [1.82, 2.24) is 9.78 Å². The minimum atomic E-state index is -4.53. The Kier molecular flexibility index (Phi) is 5.61. The van der Waals surface area contributed by atoms with Crippen LogP contribution >= 0.6 is 23.2 Å². The number of fused-ring (bicyclic) bond motifs is 1. The van der Waals surface area contributed by atoms with Gasteiger partial charge in [0.25, 0.3) is 5.91 Å². The second-order valence-electron chi connectivity index (χ2n) is 7.36. The van der Waals surface area contributed by atoms with E-state index in [-0.39, 0.29) is 17.8 Å². The number of amides is 1. The van der Waals surface area contributed by atoms with Crippen LogP contribution in [0.4, 0.5) is 24.7 Å². The van der Waals surface area contributed by atoms with E-state index in [4.69, 9.17) is 23.2 Å². The molecule has 0 radical (unpaired) electrons. The highest BCUT2D eigenvalue weighted by Gasteiger charge is 2.47. The summed E-state index contributed by atoms with van der Waals surface area (Å²) in [5.41, 5.74) is 2.00. The molecule has 2 N–H and O–H groups in total. The third-order valence-electron chi connectivity index (χ3n) is 5.08. The van der Waals surface area contributed by atoms with Crippen molar-refractivity contribution in [3.05, 3.63) is 75.4 Å². The summed E-state index contributed by atoms with van der Waals surface area (Å²) in [6.07, 6.45) is -3.65. The Morgan fingerprint density at radius 3 is 2.42 bits per heavy atom. The smallest absolute Gasteiger partial charge is 0.363 e. The predicted octanol–water partition coefficient (Wildman–Crippen LogP) is 6.41. The highest BCUT2D eigenvalue weighted by Crippen LogP contribution is 2.44. The number of rotatable bonds is 3. The monoisotopic (exact) mass is 468 g/mol. The van der Waals surface area contributed by atoms with Crippen molar-refractivity contribution < 1.29 is 18.0 Å². The molecule has 2 atom stereocenters. The maximum absolute atomic E-state index is 13.8. The summed E-state index contributed by atoms with van der Waals surface area (Å²) >= 11 is 11.9. The largest absolute Gasteiger partial charge is 0.410 e. The van der Waals surface area contributed by atoms with Crippen LogP contribution in [0.5, 0.6) is 0 Å². The number of anilines is 2. The maximum atomic E-state index is 13.8. The molecule has 1 amide bonds. The number of aromatic nitrogens is 2. The summed E-state index contributed by atoms with van der Waals surface area (Å²) in [5, 5.41) is 10.2. The van der Waals surface area contributed by atoms with Crippen LogP contribution in [0, 0.1) is 6.92 Å². The van der Waals surface area contributed by atoms with E-state index in [9.17, 15) is 18.0 Å². The Balaban J connectivity index is 1.69. The van der Waals surface area contributed by atoms with Crippen LogP contribution in [0.15, 0.2) is 48.7 Å². The van der Waals surface area contributed by atoms with Crippen molar-refractivity contribution in [2.75, 3.05) is 10.6 Å². The number of benzene rings is 2. The second-order valence-corrected chi connectivity index (χ2v) is 8.24. The zero-order valence-electron chi connectivity index (χ0n) is 16.2. The van der Waals surface area contributed by atoms with Crippen LogP contribution in [0.1, 0.15) is 40.0 Å². The average Bonchev–Trinajstić information content (AvgIpc) is 3.10. The number of carbonyl (C=O) groups is 1. The van der Waals surface area contributed by atoms with Gasteiger partial charge in [-0.1, -0.05) is 53.0 Å². The molecule has 0 spiro atoms. The lowest BCUT2D eigenvalue weighted by atomic mass is 9.96. The zero-order chi connectivity index (χ0) is 22.3. The Bertz CT molecular complexity index is 1110. The van der Waals surface area contributed by atoms with E-state index >= 15 is 0 Å². The molecule has 2 heterocycles. The summed E-state index contributed by atoms with van der Waals surface area (Å²) < 4.78 is 42.2. The first-order valence-electron chi connectivity index (χ1n) is 9.36. The summed E-state index contributed by atoms with van der Waals surface area (Å²) in [6.45, 7) is 1.90. The normalized spacial score (nSPS) is 18.3. The van der Waals surface area contributed by atoms with Gasteiger partial charge in [-0.3, -0.25) is 4.79 Å². The second kappa shape index (κ2) is 8.09. The van der Waals surface area contributed by atoms with Gasteiger partial charge in [0, 0.05) is 22.2 Å². The Morgan fingerprint density at radius 1 is 1.16 bits per heavy atom. The summed E-state index contributed by atoms with van der Waals surface area (Å²) in [7, 11) is 0. The molecule has 31 heavy (non-hydrogen) atoms. The van der Waals surface area contributed by atoms with E-state index < -0.39 is 24.2 Å². The fraction of sp³-hybridized carbons (Fsp3) is 0.238. The molecule has 2 aromatic carbocycles. The van der Waals surface area contributed by atoms with Gasteiger partial charge in [-0.05, 0) is 30.7 Å². The van der Waals surface area contributed by atoms with Gasteiger partial charge in [-0.25, -0.2) is 4.68 Å². The molecule has 5 nitrogen and oxygen atoms in total. The highest BCUT2D eigenvalue weighted by molar-refractivity contribution is 6.35. The van der Waals surface area contributed by atoms with E-state index in [0.29, 0.717) is 21.3 Å². The third-order valence-corrected chi connectivity index (χ3v) is 5.52. The fourth-order valence-electron chi connectivity index (χ4n) is 3.57. The third kappa shape index (κ3) is 4.50. The molecule has 4 rings (SSSR count). The molecule has 1 aromatic heterocycles. The Hall–Kier alpha value is -2.71. The first kappa shape index (κ1) is 21.5. The minimum absolute atomic E-state index is 0.00442. The standard InChI is InChI=1S/C21H17Cl2F3N4O/c1-11-2-4-12(5-3-11)17-9-18(21(24,25)26)30-19(29-17)16(10-27-30)20(31)28-15-7-13(22)6-14(23)8-15/h2-8,10,17-18,29H,9H2,1H3,(H,28,31)/t17-,18-/m1/s1. The molecule has 0 saturated heterocycles. The quantitative estimate of drug-likeness (QED) is 0.466. The lowest BCUT2D eigenvalue weighted by Crippen LogP contribution is -2.36. The van der Waals surface area contributed by atoms with Crippen molar-refractivity contribution >= 4 is 40.6 Å². The van der Waals surface area contributed by atoms with E-state index in [1.54, 1.807) is 12.1 Å². The Morgan fingerprint density at radius 2 is 1.81 bits per heavy atom. The number of nitrogens with zero attached hydrogens (tertiary/aromatic N) is 2. The van der Waals surface area contributed by atoms with E-state index in [0.717, 1.165) is 16.4 Å².